The summed E-state index contributed by atoms with van der Waals surface area (Å²) < 4.78 is 0. The molecule has 0 radical (unpaired) electrons. The van der Waals surface area contributed by atoms with Gasteiger partial charge in [-0.05, 0) is 49.9 Å². The van der Waals surface area contributed by atoms with Crippen LogP contribution >= 0.6 is 0 Å². The van der Waals surface area contributed by atoms with Crippen molar-refractivity contribution in [2.45, 2.75) is 39.2 Å². The summed E-state index contributed by atoms with van der Waals surface area (Å²) in [6.45, 7) is 3.88. The first-order valence-corrected chi connectivity index (χ1v) is 8.78. The maximum Gasteiger partial charge on any atom is 0.128 e. The molecule has 1 atom stereocenters. The van der Waals surface area contributed by atoms with E-state index in [9.17, 15) is 5.11 Å². The molecule has 3 heteroatoms. The predicted molar refractivity (Wildman–Crippen MR) is 101 cm³/mol. The van der Waals surface area contributed by atoms with Gasteiger partial charge in [-0.1, -0.05) is 48.0 Å². The van der Waals surface area contributed by atoms with Gasteiger partial charge in [0.25, 0.3) is 0 Å². The van der Waals surface area contributed by atoms with Gasteiger partial charge in [0, 0.05) is 18.2 Å². The van der Waals surface area contributed by atoms with Gasteiger partial charge in [0.1, 0.15) is 5.82 Å². The van der Waals surface area contributed by atoms with Crippen LogP contribution in [0.2, 0.25) is 0 Å². The van der Waals surface area contributed by atoms with Gasteiger partial charge in [-0.2, -0.15) is 0 Å². The van der Waals surface area contributed by atoms with E-state index in [4.69, 9.17) is 4.98 Å². The Kier molecular flexibility index (Phi) is 5.56. The van der Waals surface area contributed by atoms with Crippen LogP contribution in [-0.2, 0) is 12.8 Å². The summed E-state index contributed by atoms with van der Waals surface area (Å²) in [5, 5.41) is 9.76. The van der Waals surface area contributed by atoms with Gasteiger partial charge < -0.3 is 5.11 Å². The summed E-state index contributed by atoms with van der Waals surface area (Å²) >= 11 is 0. The Morgan fingerprint density at radius 3 is 2.56 bits per heavy atom. The van der Waals surface area contributed by atoms with Gasteiger partial charge in [0.15, 0.2) is 0 Å². The van der Waals surface area contributed by atoms with Crippen LogP contribution < -0.4 is 0 Å². The second-order valence-electron chi connectivity index (χ2n) is 6.50. The third kappa shape index (κ3) is 4.74. The number of aliphatic hydroxyl groups excluding tert-OH is 1. The van der Waals surface area contributed by atoms with Crippen LogP contribution in [0.4, 0.5) is 0 Å². The molecule has 0 spiro atoms. The lowest BCUT2D eigenvalue weighted by Crippen LogP contribution is -1.99. The third-order valence-electron chi connectivity index (χ3n) is 4.36. The third-order valence-corrected chi connectivity index (χ3v) is 4.36. The summed E-state index contributed by atoms with van der Waals surface area (Å²) in [5.74, 6) is 0.868. The molecule has 0 fully saturated rings. The minimum atomic E-state index is -0.476. The SMILES string of the molecule is Cc1ccc(CCCc2nccc(-c3cccc(C(C)O)c3)n2)cc1. The fraction of sp³-hybridized carbons (Fsp3) is 0.273. The smallest absolute Gasteiger partial charge is 0.128 e. The molecule has 3 nitrogen and oxygen atoms in total. The molecule has 1 aromatic heterocycles. The molecule has 25 heavy (non-hydrogen) atoms. The number of benzene rings is 2. The fourth-order valence-electron chi connectivity index (χ4n) is 2.84. The Morgan fingerprint density at radius 2 is 1.80 bits per heavy atom. The van der Waals surface area contributed by atoms with E-state index in [1.165, 1.54) is 11.1 Å². The maximum absolute atomic E-state index is 9.76. The predicted octanol–water partition coefficient (Wildman–Crippen LogP) is 4.68. The number of aromatic nitrogens is 2. The summed E-state index contributed by atoms with van der Waals surface area (Å²) in [4.78, 5) is 9.10. The van der Waals surface area contributed by atoms with E-state index >= 15 is 0 Å². The van der Waals surface area contributed by atoms with Crippen LogP contribution in [0.5, 0.6) is 0 Å². The van der Waals surface area contributed by atoms with E-state index in [0.717, 1.165) is 41.9 Å². The van der Waals surface area contributed by atoms with Gasteiger partial charge in [-0.3, -0.25) is 0 Å². The first-order valence-electron chi connectivity index (χ1n) is 8.78. The van der Waals surface area contributed by atoms with Crippen LogP contribution in [0.25, 0.3) is 11.3 Å². The second kappa shape index (κ2) is 8.04. The lowest BCUT2D eigenvalue weighted by Gasteiger charge is -2.08. The van der Waals surface area contributed by atoms with Crippen molar-refractivity contribution in [2.24, 2.45) is 0 Å². The van der Waals surface area contributed by atoms with Crippen molar-refractivity contribution in [3.05, 3.63) is 83.3 Å². The van der Waals surface area contributed by atoms with Crippen molar-refractivity contribution >= 4 is 0 Å². The standard InChI is InChI=1S/C22H24N2O/c1-16-9-11-18(12-10-16)5-3-8-22-23-14-13-21(24-22)20-7-4-6-19(15-20)17(2)25/h4,6-7,9-15,17,25H,3,5,8H2,1-2H3. The van der Waals surface area contributed by atoms with E-state index < -0.39 is 6.10 Å². The van der Waals surface area contributed by atoms with Gasteiger partial charge in [0.2, 0.25) is 0 Å². The minimum absolute atomic E-state index is 0.476. The Hall–Kier alpha value is -2.52. The molecule has 3 rings (SSSR count). The quantitative estimate of drug-likeness (QED) is 0.713. The van der Waals surface area contributed by atoms with Crippen molar-refractivity contribution in [1.82, 2.24) is 9.97 Å². The number of nitrogens with zero attached hydrogens (tertiary/aromatic N) is 2. The normalized spacial score (nSPS) is 12.1. The van der Waals surface area contributed by atoms with E-state index in [1.54, 1.807) is 6.92 Å². The topological polar surface area (TPSA) is 46.0 Å². The summed E-state index contributed by atoms with van der Waals surface area (Å²) in [7, 11) is 0. The zero-order valence-corrected chi connectivity index (χ0v) is 14.8. The highest BCUT2D eigenvalue weighted by atomic mass is 16.3. The van der Waals surface area contributed by atoms with Crippen molar-refractivity contribution < 1.29 is 5.11 Å². The molecule has 0 bridgehead atoms. The van der Waals surface area contributed by atoms with Crippen LogP contribution in [0.15, 0.2) is 60.8 Å². The van der Waals surface area contributed by atoms with E-state index in [1.807, 2.05) is 36.5 Å². The van der Waals surface area contributed by atoms with Crippen molar-refractivity contribution in [1.29, 1.82) is 0 Å². The van der Waals surface area contributed by atoms with Crippen molar-refractivity contribution in [2.75, 3.05) is 0 Å². The molecule has 0 aliphatic carbocycles. The maximum atomic E-state index is 9.76. The molecule has 0 amide bonds. The molecule has 0 saturated carbocycles. The van der Waals surface area contributed by atoms with Gasteiger partial charge in [-0.15, -0.1) is 0 Å². The summed E-state index contributed by atoms with van der Waals surface area (Å²) in [5.41, 5.74) is 5.46. The number of rotatable bonds is 6. The van der Waals surface area contributed by atoms with Crippen LogP contribution in [0, 0.1) is 6.92 Å². The van der Waals surface area contributed by atoms with Crippen LogP contribution in [-0.4, -0.2) is 15.1 Å². The van der Waals surface area contributed by atoms with Crippen molar-refractivity contribution in [3.8, 4) is 11.3 Å². The summed E-state index contributed by atoms with van der Waals surface area (Å²) in [6, 6.07) is 18.5. The molecule has 0 aliphatic heterocycles. The second-order valence-corrected chi connectivity index (χ2v) is 6.50. The zero-order valence-electron chi connectivity index (χ0n) is 14.8. The molecule has 0 saturated heterocycles. The Labute approximate surface area is 149 Å². The Bertz CT molecular complexity index is 825. The number of aryl methyl sites for hydroxylation is 3. The number of hydrogen-bond donors (Lipinski definition) is 1. The fourth-order valence-corrected chi connectivity index (χ4v) is 2.84. The molecule has 3 aromatic rings. The van der Waals surface area contributed by atoms with Crippen LogP contribution in [0.1, 0.15) is 42.0 Å². The lowest BCUT2D eigenvalue weighted by atomic mass is 10.0. The van der Waals surface area contributed by atoms with Crippen LogP contribution in [0.3, 0.4) is 0 Å². The molecule has 2 aromatic carbocycles. The molecular formula is C22H24N2O. The average Bonchev–Trinajstić information content (AvgIpc) is 2.64. The zero-order chi connectivity index (χ0) is 17.6. The molecule has 1 unspecified atom stereocenters. The molecular weight excluding hydrogens is 308 g/mol. The highest BCUT2D eigenvalue weighted by Gasteiger charge is 2.06. The monoisotopic (exact) mass is 332 g/mol. The Morgan fingerprint density at radius 1 is 1.00 bits per heavy atom. The highest BCUT2D eigenvalue weighted by molar-refractivity contribution is 5.59. The van der Waals surface area contributed by atoms with Gasteiger partial charge >= 0.3 is 0 Å². The first kappa shape index (κ1) is 17.3. The average molecular weight is 332 g/mol. The molecule has 128 valence electrons. The van der Waals surface area contributed by atoms with E-state index in [2.05, 4.69) is 36.2 Å². The van der Waals surface area contributed by atoms with E-state index in [-0.39, 0.29) is 0 Å². The summed E-state index contributed by atoms with van der Waals surface area (Å²) in [6.07, 6.45) is 4.26. The number of aliphatic hydroxyl groups is 1. The molecule has 0 aliphatic rings. The first-order chi connectivity index (χ1) is 12.1. The van der Waals surface area contributed by atoms with E-state index in [0.29, 0.717) is 0 Å². The largest absolute Gasteiger partial charge is 0.389 e. The van der Waals surface area contributed by atoms with Gasteiger partial charge in [-0.25, -0.2) is 9.97 Å². The lowest BCUT2D eigenvalue weighted by molar-refractivity contribution is 0.199. The minimum Gasteiger partial charge on any atom is -0.389 e. The van der Waals surface area contributed by atoms with Gasteiger partial charge in [0.05, 0.1) is 11.8 Å². The van der Waals surface area contributed by atoms with Crippen molar-refractivity contribution in [3.63, 3.8) is 0 Å². The molecule has 1 N–H and O–H groups in total. The highest BCUT2D eigenvalue weighted by Crippen LogP contribution is 2.21. The number of hydrogen-bond acceptors (Lipinski definition) is 3. The molecule has 1 heterocycles. The Balaban J connectivity index is 1.67.